The van der Waals surface area contributed by atoms with Crippen LogP contribution in [-0.2, 0) is 4.74 Å². The number of aromatic nitrogens is 2. The summed E-state index contributed by atoms with van der Waals surface area (Å²) in [5.41, 5.74) is 0.997. The SMILES string of the molecule is O=C(N[C@H](c1cccnc1)C1CCOCC1)c1ccno1. The van der Waals surface area contributed by atoms with Gasteiger partial charge in [0.2, 0.25) is 5.76 Å². The number of ether oxygens (including phenoxy) is 1. The minimum Gasteiger partial charge on any atom is -0.381 e. The molecule has 1 aliphatic heterocycles. The van der Waals surface area contributed by atoms with Crippen molar-refractivity contribution in [2.45, 2.75) is 18.9 Å². The predicted octanol–water partition coefficient (Wildman–Crippen LogP) is 1.97. The molecule has 6 nitrogen and oxygen atoms in total. The molecule has 6 heteroatoms. The highest BCUT2D eigenvalue weighted by Crippen LogP contribution is 2.30. The number of hydrogen-bond donors (Lipinski definition) is 1. The first-order valence-corrected chi connectivity index (χ1v) is 7.04. The predicted molar refractivity (Wildman–Crippen MR) is 74.5 cm³/mol. The molecule has 1 atom stereocenters. The van der Waals surface area contributed by atoms with Crippen LogP contribution in [0.3, 0.4) is 0 Å². The Morgan fingerprint density at radius 3 is 2.81 bits per heavy atom. The number of hydrogen-bond acceptors (Lipinski definition) is 5. The van der Waals surface area contributed by atoms with Crippen molar-refractivity contribution < 1.29 is 14.1 Å². The van der Waals surface area contributed by atoms with E-state index in [1.165, 1.54) is 6.20 Å². The number of pyridine rings is 1. The molecule has 110 valence electrons. The normalized spacial score (nSPS) is 17.3. The first-order chi connectivity index (χ1) is 10.3. The second-order valence-electron chi connectivity index (χ2n) is 5.06. The second-order valence-corrected chi connectivity index (χ2v) is 5.06. The number of rotatable bonds is 4. The van der Waals surface area contributed by atoms with Crippen molar-refractivity contribution in [1.82, 2.24) is 15.5 Å². The lowest BCUT2D eigenvalue weighted by atomic mass is 9.87. The van der Waals surface area contributed by atoms with E-state index < -0.39 is 0 Å². The Kier molecular flexibility index (Phi) is 4.25. The van der Waals surface area contributed by atoms with Crippen molar-refractivity contribution in [2.75, 3.05) is 13.2 Å². The fourth-order valence-electron chi connectivity index (χ4n) is 2.63. The topological polar surface area (TPSA) is 77.2 Å². The molecular weight excluding hydrogens is 270 g/mol. The molecule has 1 N–H and O–H groups in total. The summed E-state index contributed by atoms with van der Waals surface area (Å²) >= 11 is 0. The highest BCUT2D eigenvalue weighted by Gasteiger charge is 2.28. The van der Waals surface area contributed by atoms with Crippen LogP contribution in [0.5, 0.6) is 0 Å². The van der Waals surface area contributed by atoms with Crippen molar-refractivity contribution in [3.63, 3.8) is 0 Å². The Labute approximate surface area is 122 Å². The Hall–Kier alpha value is -2.21. The van der Waals surface area contributed by atoms with Gasteiger partial charge in [0, 0.05) is 31.7 Å². The van der Waals surface area contributed by atoms with Crippen LogP contribution in [0.4, 0.5) is 0 Å². The van der Waals surface area contributed by atoms with Gasteiger partial charge in [-0.05, 0) is 30.4 Å². The average Bonchev–Trinajstić information content (AvgIpc) is 3.09. The van der Waals surface area contributed by atoms with E-state index in [4.69, 9.17) is 9.26 Å². The van der Waals surface area contributed by atoms with E-state index in [0.717, 1.165) is 31.6 Å². The maximum atomic E-state index is 12.2. The first kappa shape index (κ1) is 13.8. The zero-order valence-electron chi connectivity index (χ0n) is 11.6. The van der Waals surface area contributed by atoms with E-state index in [1.54, 1.807) is 18.5 Å². The van der Waals surface area contributed by atoms with Crippen LogP contribution in [0, 0.1) is 5.92 Å². The molecule has 2 aromatic heterocycles. The Morgan fingerprint density at radius 2 is 2.14 bits per heavy atom. The largest absolute Gasteiger partial charge is 0.381 e. The Bertz CT molecular complexity index is 565. The molecular formula is C15H17N3O3. The van der Waals surface area contributed by atoms with E-state index in [0.29, 0.717) is 5.92 Å². The van der Waals surface area contributed by atoms with Gasteiger partial charge in [-0.1, -0.05) is 11.2 Å². The third-order valence-electron chi connectivity index (χ3n) is 3.73. The lowest BCUT2D eigenvalue weighted by molar-refractivity contribution is 0.0507. The molecule has 0 aliphatic carbocycles. The Balaban J connectivity index is 1.80. The van der Waals surface area contributed by atoms with Gasteiger partial charge in [-0.25, -0.2) is 0 Å². The van der Waals surface area contributed by atoms with Crippen molar-refractivity contribution in [1.29, 1.82) is 0 Å². The zero-order valence-corrected chi connectivity index (χ0v) is 11.6. The van der Waals surface area contributed by atoms with Gasteiger partial charge in [-0.15, -0.1) is 0 Å². The molecule has 0 spiro atoms. The Morgan fingerprint density at radius 1 is 1.29 bits per heavy atom. The van der Waals surface area contributed by atoms with Crippen molar-refractivity contribution in [3.05, 3.63) is 48.1 Å². The van der Waals surface area contributed by atoms with Crippen LogP contribution in [0.2, 0.25) is 0 Å². The van der Waals surface area contributed by atoms with E-state index in [2.05, 4.69) is 15.5 Å². The highest BCUT2D eigenvalue weighted by molar-refractivity contribution is 5.91. The maximum absolute atomic E-state index is 12.2. The van der Waals surface area contributed by atoms with Gasteiger partial charge in [0.1, 0.15) is 0 Å². The number of carbonyl (C=O) groups is 1. The minimum absolute atomic E-state index is 0.0970. The molecule has 0 radical (unpaired) electrons. The third-order valence-corrected chi connectivity index (χ3v) is 3.73. The van der Waals surface area contributed by atoms with E-state index in [1.807, 2.05) is 12.1 Å². The van der Waals surface area contributed by atoms with Gasteiger partial charge in [0.15, 0.2) is 0 Å². The molecule has 0 unspecified atom stereocenters. The van der Waals surface area contributed by atoms with Gasteiger partial charge in [0.05, 0.1) is 12.2 Å². The number of amides is 1. The zero-order chi connectivity index (χ0) is 14.5. The summed E-state index contributed by atoms with van der Waals surface area (Å²) in [6, 6.07) is 5.32. The molecule has 1 fully saturated rings. The van der Waals surface area contributed by atoms with Crippen molar-refractivity contribution in [3.8, 4) is 0 Å². The van der Waals surface area contributed by atoms with Crippen LogP contribution in [0.15, 0.2) is 41.3 Å². The number of nitrogens with zero attached hydrogens (tertiary/aromatic N) is 2. The summed E-state index contributed by atoms with van der Waals surface area (Å²) in [6.45, 7) is 1.44. The summed E-state index contributed by atoms with van der Waals surface area (Å²) in [4.78, 5) is 16.4. The van der Waals surface area contributed by atoms with Gasteiger partial charge in [-0.3, -0.25) is 9.78 Å². The molecule has 0 saturated carbocycles. The summed E-state index contributed by atoms with van der Waals surface area (Å²) in [5, 5.41) is 6.60. The van der Waals surface area contributed by atoms with Crippen LogP contribution < -0.4 is 5.32 Å². The third kappa shape index (κ3) is 3.28. The van der Waals surface area contributed by atoms with Gasteiger partial charge in [0.25, 0.3) is 5.91 Å². The monoisotopic (exact) mass is 287 g/mol. The lowest BCUT2D eigenvalue weighted by Gasteiger charge is -2.30. The summed E-state index contributed by atoms with van der Waals surface area (Å²) < 4.78 is 10.3. The minimum atomic E-state index is -0.257. The number of nitrogens with one attached hydrogen (secondary N) is 1. The first-order valence-electron chi connectivity index (χ1n) is 7.04. The molecule has 21 heavy (non-hydrogen) atoms. The molecule has 0 aromatic carbocycles. The summed E-state index contributed by atoms with van der Waals surface area (Å²) in [5.74, 6) is 0.290. The lowest BCUT2D eigenvalue weighted by Crippen LogP contribution is -2.36. The highest BCUT2D eigenvalue weighted by atomic mass is 16.5. The molecule has 1 saturated heterocycles. The van der Waals surface area contributed by atoms with E-state index in [-0.39, 0.29) is 17.7 Å². The quantitative estimate of drug-likeness (QED) is 0.930. The average molecular weight is 287 g/mol. The molecule has 1 aliphatic rings. The molecule has 0 bridgehead atoms. The fourth-order valence-corrected chi connectivity index (χ4v) is 2.63. The summed E-state index contributed by atoms with van der Waals surface area (Å²) in [7, 11) is 0. The van der Waals surface area contributed by atoms with Gasteiger partial charge in [-0.2, -0.15) is 0 Å². The van der Waals surface area contributed by atoms with Crippen molar-refractivity contribution >= 4 is 5.91 Å². The van der Waals surface area contributed by atoms with Crippen LogP contribution >= 0.6 is 0 Å². The van der Waals surface area contributed by atoms with E-state index in [9.17, 15) is 4.79 Å². The molecule has 1 amide bonds. The summed E-state index contributed by atoms with van der Waals surface area (Å²) in [6.07, 6.45) is 6.80. The van der Waals surface area contributed by atoms with E-state index >= 15 is 0 Å². The van der Waals surface area contributed by atoms with Gasteiger partial charge >= 0.3 is 0 Å². The molecule has 3 rings (SSSR count). The van der Waals surface area contributed by atoms with Crippen molar-refractivity contribution in [2.24, 2.45) is 5.92 Å². The van der Waals surface area contributed by atoms with Crippen LogP contribution in [-0.4, -0.2) is 29.3 Å². The van der Waals surface area contributed by atoms with Crippen LogP contribution in [0.25, 0.3) is 0 Å². The van der Waals surface area contributed by atoms with Crippen LogP contribution in [0.1, 0.15) is 35.0 Å². The smallest absolute Gasteiger partial charge is 0.290 e. The fraction of sp³-hybridized carbons (Fsp3) is 0.400. The standard InChI is InChI=1S/C15H17N3O3/c19-15(13-3-7-17-21-13)18-14(11-4-8-20-9-5-11)12-2-1-6-16-10-12/h1-3,6-7,10-11,14H,4-5,8-9H2,(H,18,19)/t14-/m0/s1. The molecule has 2 aromatic rings. The number of carbonyl (C=O) groups excluding carboxylic acids is 1. The second kappa shape index (κ2) is 6.49. The molecule has 3 heterocycles. The van der Waals surface area contributed by atoms with Gasteiger partial charge < -0.3 is 14.6 Å². The maximum Gasteiger partial charge on any atom is 0.290 e.